The maximum Gasteiger partial charge on any atom is 0.410 e. The summed E-state index contributed by atoms with van der Waals surface area (Å²) < 4.78 is 99.3. The second-order valence-corrected chi connectivity index (χ2v) is 26.5. The molecule has 25 nitrogen and oxygen atoms in total. The highest BCUT2D eigenvalue weighted by atomic mass is 16.8. The third kappa shape index (κ3) is 20.3. The molecule has 1 radical (unpaired) electrons. The number of aliphatic hydroxyl groups is 2. The van der Waals surface area contributed by atoms with E-state index in [0.29, 0.717) is 37.9 Å². The normalized spacial score (nSPS) is 31.3. The van der Waals surface area contributed by atoms with Crippen molar-refractivity contribution in [3.8, 4) is 0 Å². The lowest BCUT2D eigenvalue weighted by molar-refractivity contribution is -0.386. The minimum absolute atomic E-state index is 0.0541. The molecule has 21 atom stereocenters. The van der Waals surface area contributed by atoms with E-state index in [2.05, 4.69) is 16.0 Å². The summed E-state index contributed by atoms with van der Waals surface area (Å²) in [5.41, 5.74) is 4.99. The number of unbranched alkanes of at least 4 members (excludes halogenated alkanes) is 2. The Kier molecular flexibility index (Phi) is 26.9. The van der Waals surface area contributed by atoms with E-state index in [1.165, 1.54) is 20.8 Å². The van der Waals surface area contributed by atoms with Crippen molar-refractivity contribution in [3.63, 3.8) is 0 Å². The number of nitrogens with one attached hydrogen (secondary N) is 3. The van der Waals surface area contributed by atoms with E-state index >= 15 is 0 Å². The van der Waals surface area contributed by atoms with Crippen LogP contribution in [-0.4, -0.2) is 188 Å². The number of carbonyl (C=O) groups is 4. The summed E-state index contributed by atoms with van der Waals surface area (Å²) in [6.07, 6.45) is -17.9. The maximum atomic E-state index is 13.8. The van der Waals surface area contributed by atoms with Crippen LogP contribution in [0.3, 0.4) is 0 Å². The first-order valence-electron chi connectivity index (χ1n) is 35.3. The number of hydrogen-bond acceptors (Lipinski definition) is 21. The Morgan fingerprint density at radius 2 is 0.951 bits per heavy atom. The first kappa shape index (κ1) is 75.1. The van der Waals surface area contributed by atoms with Gasteiger partial charge in [0.2, 0.25) is 17.7 Å². The zero-order chi connectivity index (χ0) is 71.6. The zero-order valence-electron chi connectivity index (χ0n) is 58.1. The summed E-state index contributed by atoms with van der Waals surface area (Å²) in [5, 5.41) is 33.5. The average molecular weight is 1420 g/mol. The predicted molar refractivity (Wildman–Crippen MR) is 368 cm³/mol. The molecule has 0 aliphatic carbocycles. The van der Waals surface area contributed by atoms with Crippen LogP contribution in [0, 0.1) is 6.42 Å². The SMILES string of the molecule is CC(=O)N[C@@H]1[C@H](O[C@H]2[CH][C@H](C)O[C@@H](O[C@@H]3[C@@H](NC(C)=O)[C@@H](O[C@@H]4[C@H](O)[C@@H](O)[C@@H](OCCCCCN(Cc5ccccc5)C(=O)OCc5ccccc5)O[C@@H]4COCc4ccccc4)O[C@@H]4CO[C@H](c5ccccc5)O[C@H]34)[C@H]2NC(C)=O)O[C@@H]2CO[C@@H](c3ccccc3)O[C@H]2[C@@H]1OCc1ccccc1. The molecule has 6 aliphatic rings. The van der Waals surface area contributed by atoms with Gasteiger partial charge in [-0.25, -0.2) is 4.79 Å². The van der Waals surface area contributed by atoms with Gasteiger partial charge in [-0.05, 0) is 48.4 Å². The predicted octanol–water partition coefficient (Wildman–Crippen LogP) is 7.56. The lowest BCUT2D eigenvalue weighted by Gasteiger charge is -2.53. The molecule has 551 valence electrons. The van der Waals surface area contributed by atoms with Crippen molar-refractivity contribution in [1.29, 1.82) is 0 Å². The number of hydrogen-bond donors (Lipinski definition) is 5. The van der Waals surface area contributed by atoms with E-state index in [1.54, 1.807) is 18.2 Å². The summed E-state index contributed by atoms with van der Waals surface area (Å²) in [5.74, 6) is -1.44. The van der Waals surface area contributed by atoms with E-state index in [-0.39, 0.29) is 46.2 Å². The lowest BCUT2D eigenvalue weighted by atomic mass is 9.93. The molecule has 6 aromatic carbocycles. The van der Waals surface area contributed by atoms with Crippen molar-refractivity contribution in [2.24, 2.45) is 0 Å². The highest BCUT2D eigenvalue weighted by Crippen LogP contribution is 2.42. The second kappa shape index (κ2) is 36.9. The molecule has 6 saturated heterocycles. The molecule has 5 N–H and O–H groups in total. The van der Waals surface area contributed by atoms with Crippen molar-refractivity contribution >= 4 is 23.8 Å². The molecule has 0 saturated carbocycles. The average Bonchev–Trinajstić information content (AvgIpc) is 0.760. The smallest absolute Gasteiger partial charge is 0.410 e. The molecule has 25 heteroatoms. The van der Waals surface area contributed by atoms with Crippen LogP contribution < -0.4 is 16.0 Å². The lowest BCUT2D eigenvalue weighted by Crippen LogP contribution is -2.71. The monoisotopic (exact) mass is 1420 g/mol. The topological polar surface area (TPSA) is 287 Å². The number of fused-ring (bicyclic) bond motifs is 2. The number of carbonyl (C=O) groups excluding carboxylic acids is 4. The van der Waals surface area contributed by atoms with E-state index in [4.69, 9.17) is 71.1 Å². The molecule has 6 heterocycles. The fourth-order valence-electron chi connectivity index (χ4n) is 13.7. The number of rotatable bonds is 29. The molecule has 0 bridgehead atoms. The zero-order valence-corrected chi connectivity index (χ0v) is 58.1. The van der Waals surface area contributed by atoms with Crippen molar-refractivity contribution < 1.29 is 100 Å². The largest absolute Gasteiger partial charge is 0.445 e. The molecular weight excluding hydrogens is 1330 g/mol. The van der Waals surface area contributed by atoms with Gasteiger partial charge in [0.25, 0.3) is 0 Å². The molecule has 6 aromatic rings. The van der Waals surface area contributed by atoms with Crippen LogP contribution in [0.1, 0.15) is 92.9 Å². The summed E-state index contributed by atoms with van der Waals surface area (Å²) in [6.45, 7) is 6.84. The van der Waals surface area contributed by atoms with Crippen LogP contribution in [0.5, 0.6) is 0 Å². The molecule has 0 aromatic heterocycles. The highest BCUT2D eigenvalue weighted by Gasteiger charge is 2.58. The Hall–Kier alpha value is -7.64. The number of ether oxygens (including phenoxy) is 15. The van der Waals surface area contributed by atoms with Crippen LogP contribution in [0.4, 0.5) is 4.79 Å². The van der Waals surface area contributed by atoms with Crippen molar-refractivity contribution in [3.05, 3.63) is 222 Å². The van der Waals surface area contributed by atoms with E-state index in [0.717, 1.165) is 27.8 Å². The Labute approximate surface area is 599 Å². The van der Waals surface area contributed by atoms with Crippen LogP contribution in [0.25, 0.3) is 0 Å². The Balaban J connectivity index is 0.786. The quantitative estimate of drug-likeness (QED) is 0.0283. The van der Waals surface area contributed by atoms with Crippen molar-refractivity contribution in [1.82, 2.24) is 20.9 Å². The van der Waals surface area contributed by atoms with Gasteiger partial charge < -0.3 is 102 Å². The van der Waals surface area contributed by atoms with Gasteiger partial charge in [0.05, 0.1) is 45.2 Å². The molecule has 103 heavy (non-hydrogen) atoms. The van der Waals surface area contributed by atoms with Crippen LogP contribution in [0.2, 0.25) is 0 Å². The first-order valence-corrected chi connectivity index (χ1v) is 35.3. The standard InChI is InChI=1S/C78H93N4O21/c1-48-40-58(96-75-63(80-50(3)84)70(91-43-54-30-16-7-17-31-54)68-60(97-75)46-92-72(101-68)56-34-20-9-21-35-56)62(79-49(2)83)74(95-48)103-71-64(81-51(4)85)76(98-61-47-93-73(102-69(61)71)57-36-22-10-23-37-57)100-67-59(45-89-42-53-28-14-6-15-29-53)99-77(66(87)65(67)86)90-39-25-11-24-38-82(41-52-26-12-5-13-27-52)78(88)94-44-55-32-18-8-19-33-55/h5-10,12-23,26-37,40,48,58-77,86-87H,11,24-25,38-39,41-47H2,1-4H3,(H,79,83)(H,80,84)(H,81,85)/t48-,58-,59+,60+,61+,62-,63-,64+,65+,66+,67-,68+,69-,70+,71+,72+,73-,74-,75+,76+,77-/m0/s1. The fourth-order valence-corrected chi connectivity index (χ4v) is 13.7. The van der Waals surface area contributed by atoms with Crippen LogP contribution >= 0.6 is 0 Å². The third-order valence-electron chi connectivity index (χ3n) is 18.6. The van der Waals surface area contributed by atoms with Gasteiger partial charge in [0.15, 0.2) is 37.7 Å². The molecule has 12 rings (SSSR count). The third-order valence-corrected chi connectivity index (χ3v) is 18.6. The van der Waals surface area contributed by atoms with Gasteiger partial charge in [-0.2, -0.15) is 0 Å². The van der Waals surface area contributed by atoms with Gasteiger partial charge in [-0.3, -0.25) is 14.4 Å². The van der Waals surface area contributed by atoms with Gasteiger partial charge in [0.1, 0.15) is 85.8 Å². The van der Waals surface area contributed by atoms with E-state index in [1.807, 2.05) is 182 Å². The molecular formula is C78H93N4O21. The molecule has 4 amide bonds. The van der Waals surface area contributed by atoms with Crippen LogP contribution in [-0.2, 0) is 112 Å². The number of nitrogens with zero attached hydrogens (tertiary/aromatic N) is 1. The van der Waals surface area contributed by atoms with Gasteiger partial charge >= 0.3 is 6.09 Å². The summed E-state index contributed by atoms with van der Waals surface area (Å²) in [7, 11) is 0. The second-order valence-electron chi connectivity index (χ2n) is 26.5. The molecule has 0 unspecified atom stereocenters. The molecule has 6 aliphatic heterocycles. The Morgan fingerprint density at radius 1 is 0.476 bits per heavy atom. The first-order chi connectivity index (χ1) is 50.2. The van der Waals surface area contributed by atoms with Crippen LogP contribution in [0.15, 0.2) is 182 Å². The molecule has 6 fully saturated rings. The van der Waals surface area contributed by atoms with E-state index < -0.39 is 153 Å². The highest BCUT2D eigenvalue weighted by molar-refractivity contribution is 5.74. The number of benzene rings is 6. The summed E-state index contributed by atoms with van der Waals surface area (Å²) in [6, 6.07) is 53.4. The minimum atomic E-state index is -1.71. The Morgan fingerprint density at radius 3 is 1.51 bits per heavy atom. The van der Waals surface area contributed by atoms with E-state index in [9.17, 15) is 29.4 Å². The molecule has 0 spiro atoms. The minimum Gasteiger partial charge on any atom is -0.445 e. The maximum absolute atomic E-state index is 13.8. The van der Waals surface area contributed by atoms with Crippen molar-refractivity contribution in [2.45, 2.75) is 202 Å². The van der Waals surface area contributed by atoms with Crippen molar-refractivity contribution in [2.75, 3.05) is 33.0 Å². The van der Waals surface area contributed by atoms with Gasteiger partial charge in [0, 0.05) is 58.0 Å². The van der Waals surface area contributed by atoms with Gasteiger partial charge in [-0.15, -0.1) is 0 Å². The number of amides is 4. The summed E-state index contributed by atoms with van der Waals surface area (Å²) >= 11 is 0. The van der Waals surface area contributed by atoms with Gasteiger partial charge in [-0.1, -0.05) is 182 Å². The summed E-state index contributed by atoms with van der Waals surface area (Å²) in [4.78, 5) is 56.0. The fraction of sp³-hybridized carbons (Fsp3) is 0.474. The number of aliphatic hydroxyl groups excluding tert-OH is 2. The Bertz CT molecular complexity index is 3580.